The molecule has 0 unspecified atom stereocenters. The topological polar surface area (TPSA) is 30.7 Å². The van der Waals surface area contributed by atoms with Gasteiger partial charge in [0, 0.05) is 16.7 Å². The maximum atomic E-state index is 5.96. The second kappa shape index (κ2) is 7.93. The summed E-state index contributed by atoms with van der Waals surface area (Å²) < 4.78 is 1.87. The van der Waals surface area contributed by atoms with Gasteiger partial charge in [-0.15, -0.1) is 11.5 Å². The molecule has 3 heteroatoms. The van der Waals surface area contributed by atoms with Crippen molar-refractivity contribution in [3.05, 3.63) is 108 Å². The number of rotatable bonds is 4. The molecule has 4 aromatic carbocycles. The number of benzene rings is 4. The zero-order chi connectivity index (χ0) is 21.2. The lowest BCUT2D eigenvalue weighted by atomic mass is 9.88. The van der Waals surface area contributed by atoms with E-state index in [0.29, 0.717) is 6.54 Å². The van der Waals surface area contributed by atoms with Crippen LogP contribution in [-0.2, 0) is 6.54 Å². The molecule has 0 radical (unpaired) electrons. The van der Waals surface area contributed by atoms with Crippen LogP contribution in [0.25, 0.3) is 33.2 Å². The zero-order valence-corrected chi connectivity index (χ0v) is 17.3. The molecule has 1 heterocycles. The third kappa shape index (κ3) is 3.60. The Bertz CT molecular complexity index is 1420. The summed E-state index contributed by atoms with van der Waals surface area (Å²) in [6, 6.07) is 29.2. The van der Waals surface area contributed by atoms with Gasteiger partial charge in [-0.2, -0.15) is 0 Å². The van der Waals surface area contributed by atoms with Crippen molar-refractivity contribution >= 4 is 10.8 Å². The first-order chi connectivity index (χ1) is 15.2. The van der Waals surface area contributed by atoms with Gasteiger partial charge in [0.25, 0.3) is 0 Å². The number of nitrogens with zero attached hydrogens (tertiary/aromatic N) is 3. The summed E-state index contributed by atoms with van der Waals surface area (Å²) in [5.74, 6) is 2.90. The predicted octanol–water partition coefficient (Wildman–Crippen LogP) is 6.10. The summed E-state index contributed by atoms with van der Waals surface area (Å²) in [6.45, 7) is 2.73. The van der Waals surface area contributed by atoms with E-state index in [1.165, 1.54) is 16.3 Å². The van der Waals surface area contributed by atoms with Crippen LogP contribution in [0.3, 0.4) is 0 Å². The zero-order valence-electron chi connectivity index (χ0n) is 17.3. The van der Waals surface area contributed by atoms with Gasteiger partial charge in [0.15, 0.2) is 0 Å². The fourth-order valence-electron chi connectivity index (χ4n) is 4.11. The normalized spacial score (nSPS) is 10.8. The molecule has 31 heavy (non-hydrogen) atoms. The molecule has 3 nitrogen and oxygen atoms in total. The molecule has 0 N–H and O–H groups in total. The quantitative estimate of drug-likeness (QED) is 0.342. The van der Waals surface area contributed by atoms with Gasteiger partial charge in [0.05, 0.1) is 12.7 Å². The van der Waals surface area contributed by atoms with Crippen molar-refractivity contribution in [2.24, 2.45) is 0 Å². The standard InChI is InChI=1S/C28H21N3/c1-3-22-16-20(2)17-26(27-19-31(30-29-27)18-21-10-5-4-6-11-21)28(22)25-15-9-13-23-12-7-8-14-24(23)25/h1,4-17,19H,18H2,2H3. The molecule has 0 saturated carbocycles. The maximum absolute atomic E-state index is 5.96. The Morgan fingerprint density at radius 3 is 2.48 bits per heavy atom. The van der Waals surface area contributed by atoms with Crippen molar-refractivity contribution in [1.82, 2.24) is 15.0 Å². The Balaban J connectivity index is 1.68. The highest BCUT2D eigenvalue weighted by Gasteiger charge is 2.17. The Morgan fingerprint density at radius 1 is 0.871 bits per heavy atom. The Labute approximate surface area is 182 Å². The van der Waals surface area contributed by atoms with Crippen LogP contribution in [0.4, 0.5) is 0 Å². The van der Waals surface area contributed by atoms with Crippen LogP contribution < -0.4 is 0 Å². The minimum absolute atomic E-state index is 0.672. The average Bonchev–Trinajstić information content (AvgIpc) is 3.27. The molecule has 148 valence electrons. The van der Waals surface area contributed by atoms with E-state index in [9.17, 15) is 0 Å². The maximum Gasteiger partial charge on any atom is 0.113 e. The number of fused-ring (bicyclic) bond motifs is 1. The van der Waals surface area contributed by atoms with E-state index in [1.54, 1.807) is 0 Å². The third-order valence-electron chi connectivity index (χ3n) is 5.50. The first-order valence-electron chi connectivity index (χ1n) is 10.3. The van der Waals surface area contributed by atoms with E-state index in [2.05, 4.69) is 89.9 Å². The van der Waals surface area contributed by atoms with Crippen LogP contribution in [0.15, 0.2) is 91.1 Å². The summed E-state index contributed by atoms with van der Waals surface area (Å²) in [5.41, 5.74) is 7.10. The number of hydrogen-bond donors (Lipinski definition) is 0. The molecule has 0 saturated heterocycles. The molecule has 0 aliphatic rings. The highest BCUT2D eigenvalue weighted by atomic mass is 15.4. The summed E-state index contributed by atoms with van der Waals surface area (Å²) >= 11 is 0. The highest BCUT2D eigenvalue weighted by Crippen LogP contribution is 2.38. The molecular formula is C28H21N3. The largest absolute Gasteiger partial charge is 0.247 e. The number of hydrogen-bond acceptors (Lipinski definition) is 2. The average molecular weight is 399 g/mol. The SMILES string of the molecule is C#Cc1cc(C)cc(-c2cn(Cc3ccccc3)nn2)c1-c1cccc2ccccc12. The molecule has 0 aliphatic carbocycles. The highest BCUT2D eigenvalue weighted by molar-refractivity contribution is 6.01. The Kier molecular flexibility index (Phi) is 4.82. The number of aryl methyl sites for hydroxylation is 1. The van der Waals surface area contributed by atoms with Crippen molar-refractivity contribution in [2.45, 2.75) is 13.5 Å². The third-order valence-corrected chi connectivity index (χ3v) is 5.50. The van der Waals surface area contributed by atoms with Crippen LogP contribution in [0.1, 0.15) is 16.7 Å². The molecular weight excluding hydrogens is 378 g/mol. The van der Waals surface area contributed by atoms with Crippen LogP contribution in [0.5, 0.6) is 0 Å². The van der Waals surface area contributed by atoms with Crippen LogP contribution in [0, 0.1) is 19.3 Å². The molecule has 0 atom stereocenters. The predicted molar refractivity (Wildman–Crippen MR) is 127 cm³/mol. The monoisotopic (exact) mass is 399 g/mol. The van der Waals surface area contributed by atoms with E-state index in [4.69, 9.17) is 6.42 Å². The van der Waals surface area contributed by atoms with Crippen molar-refractivity contribution < 1.29 is 0 Å². The first kappa shape index (κ1) is 18.8. The van der Waals surface area contributed by atoms with Gasteiger partial charge in [-0.1, -0.05) is 83.9 Å². The van der Waals surface area contributed by atoms with Gasteiger partial charge in [0.1, 0.15) is 5.69 Å². The fraction of sp³-hybridized carbons (Fsp3) is 0.0714. The summed E-state index contributed by atoms with van der Waals surface area (Å²) in [6.07, 6.45) is 7.96. The minimum atomic E-state index is 0.672. The van der Waals surface area contributed by atoms with E-state index in [0.717, 1.165) is 33.5 Å². The van der Waals surface area contributed by atoms with E-state index in [1.807, 2.05) is 29.1 Å². The molecule has 5 aromatic rings. The lowest BCUT2D eigenvalue weighted by Crippen LogP contribution is -1.99. The van der Waals surface area contributed by atoms with Crippen molar-refractivity contribution in [1.29, 1.82) is 0 Å². The lowest BCUT2D eigenvalue weighted by Gasteiger charge is -2.14. The van der Waals surface area contributed by atoms with Gasteiger partial charge >= 0.3 is 0 Å². The van der Waals surface area contributed by atoms with Gasteiger partial charge in [-0.25, -0.2) is 4.68 Å². The molecule has 0 aliphatic heterocycles. The number of terminal acetylenes is 1. The Hall–Kier alpha value is -4.16. The Morgan fingerprint density at radius 2 is 1.65 bits per heavy atom. The van der Waals surface area contributed by atoms with Gasteiger partial charge < -0.3 is 0 Å². The molecule has 0 amide bonds. The summed E-state index contributed by atoms with van der Waals surface area (Å²) in [7, 11) is 0. The first-order valence-corrected chi connectivity index (χ1v) is 10.3. The molecule has 1 aromatic heterocycles. The fourth-order valence-corrected chi connectivity index (χ4v) is 4.11. The van der Waals surface area contributed by atoms with Crippen molar-refractivity contribution in [2.75, 3.05) is 0 Å². The molecule has 0 bridgehead atoms. The van der Waals surface area contributed by atoms with Crippen LogP contribution >= 0.6 is 0 Å². The molecule has 0 spiro atoms. The van der Waals surface area contributed by atoms with Gasteiger partial charge in [-0.05, 0) is 46.5 Å². The number of aromatic nitrogens is 3. The van der Waals surface area contributed by atoms with Crippen molar-refractivity contribution in [3.63, 3.8) is 0 Å². The molecule has 0 fully saturated rings. The lowest BCUT2D eigenvalue weighted by molar-refractivity contribution is 0.650. The second-order valence-corrected chi connectivity index (χ2v) is 7.69. The van der Waals surface area contributed by atoms with E-state index < -0.39 is 0 Å². The van der Waals surface area contributed by atoms with Gasteiger partial charge in [0.2, 0.25) is 0 Å². The van der Waals surface area contributed by atoms with E-state index >= 15 is 0 Å². The van der Waals surface area contributed by atoms with E-state index in [-0.39, 0.29) is 0 Å². The van der Waals surface area contributed by atoms with Gasteiger partial charge in [-0.3, -0.25) is 0 Å². The summed E-state index contributed by atoms with van der Waals surface area (Å²) in [4.78, 5) is 0. The molecule has 5 rings (SSSR count). The van der Waals surface area contributed by atoms with Crippen molar-refractivity contribution in [3.8, 4) is 34.7 Å². The minimum Gasteiger partial charge on any atom is -0.247 e. The van der Waals surface area contributed by atoms with Crippen LogP contribution in [0.2, 0.25) is 0 Å². The second-order valence-electron chi connectivity index (χ2n) is 7.69. The van der Waals surface area contributed by atoms with Crippen LogP contribution in [-0.4, -0.2) is 15.0 Å². The smallest absolute Gasteiger partial charge is 0.113 e. The summed E-state index contributed by atoms with van der Waals surface area (Å²) in [5, 5.41) is 11.2.